The number of carbonyl (C=O) groups is 2. The SMILES string of the molecule is COc1ccc(C(=O)Nc2cc(C(=O)O)ccc2Cl)cc1. The molecule has 0 aliphatic rings. The van der Waals surface area contributed by atoms with Gasteiger partial charge in [-0.25, -0.2) is 4.79 Å². The van der Waals surface area contributed by atoms with Gasteiger partial charge < -0.3 is 15.2 Å². The summed E-state index contributed by atoms with van der Waals surface area (Å²) in [4.78, 5) is 23.0. The van der Waals surface area contributed by atoms with E-state index in [1.807, 2.05) is 0 Å². The average molecular weight is 306 g/mol. The number of hydrogen-bond acceptors (Lipinski definition) is 3. The van der Waals surface area contributed by atoms with Crippen LogP contribution in [0.4, 0.5) is 5.69 Å². The minimum atomic E-state index is -1.09. The molecule has 0 fully saturated rings. The van der Waals surface area contributed by atoms with Gasteiger partial charge in [0.25, 0.3) is 5.91 Å². The number of carboxylic acid groups (broad SMARTS) is 1. The molecule has 0 saturated carbocycles. The number of rotatable bonds is 4. The van der Waals surface area contributed by atoms with E-state index in [2.05, 4.69) is 5.32 Å². The summed E-state index contributed by atoms with van der Waals surface area (Å²) in [5.74, 6) is -0.842. The van der Waals surface area contributed by atoms with E-state index in [0.717, 1.165) is 0 Å². The molecular weight excluding hydrogens is 294 g/mol. The van der Waals surface area contributed by atoms with E-state index in [9.17, 15) is 9.59 Å². The molecule has 0 aliphatic heterocycles. The number of carbonyl (C=O) groups excluding carboxylic acids is 1. The molecule has 0 radical (unpaired) electrons. The molecule has 0 saturated heterocycles. The third-order valence-corrected chi connectivity index (χ3v) is 3.14. The molecule has 2 aromatic carbocycles. The van der Waals surface area contributed by atoms with Crippen LogP contribution in [0.25, 0.3) is 0 Å². The Morgan fingerprint density at radius 1 is 1.10 bits per heavy atom. The van der Waals surface area contributed by atoms with Crippen LogP contribution in [0.15, 0.2) is 42.5 Å². The Hall–Kier alpha value is -2.53. The normalized spacial score (nSPS) is 10.0. The fraction of sp³-hybridized carbons (Fsp3) is 0.0667. The molecule has 2 rings (SSSR count). The lowest BCUT2D eigenvalue weighted by Gasteiger charge is -2.08. The monoisotopic (exact) mass is 305 g/mol. The number of amides is 1. The first kappa shape index (κ1) is 14.9. The second kappa shape index (κ2) is 6.28. The molecule has 0 aromatic heterocycles. The lowest BCUT2D eigenvalue weighted by molar-refractivity contribution is 0.0696. The summed E-state index contributed by atoms with van der Waals surface area (Å²) in [5, 5.41) is 11.8. The van der Waals surface area contributed by atoms with Crippen molar-refractivity contribution in [2.75, 3.05) is 12.4 Å². The van der Waals surface area contributed by atoms with Gasteiger partial charge in [-0.15, -0.1) is 0 Å². The van der Waals surface area contributed by atoms with Crippen molar-refractivity contribution in [2.24, 2.45) is 0 Å². The van der Waals surface area contributed by atoms with Crippen LogP contribution in [0.5, 0.6) is 5.75 Å². The van der Waals surface area contributed by atoms with Crippen molar-refractivity contribution in [2.45, 2.75) is 0 Å². The predicted octanol–water partition coefficient (Wildman–Crippen LogP) is 3.30. The van der Waals surface area contributed by atoms with Gasteiger partial charge >= 0.3 is 5.97 Å². The highest BCUT2D eigenvalue weighted by Gasteiger charge is 2.11. The maximum atomic E-state index is 12.1. The molecule has 0 atom stereocenters. The quantitative estimate of drug-likeness (QED) is 0.908. The highest BCUT2D eigenvalue weighted by Crippen LogP contribution is 2.24. The van der Waals surface area contributed by atoms with Gasteiger partial charge in [0.05, 0.1) is 23.4 Å². The second-order valence-electron chi connectivity index (χ2n) is 4.18. The van der Waals surface area contributed by atoms with Crippen LogP contribution in [0.2, 0.25) is 5.02 Å². The summed E-state index contributed by atoms with van der Waals surface area (Å²) in [6, 6.07) is 10.6. The number of methoxy groups -OCH3 is 1. The third kappa shape index (κ3) is 3.52. The number of nitrogens with one attached hydrogen (secondary N) is 1. The predicted molar refractivity (Wildman–Crippen MR) is 79.4 cm³/mol. The minimum absolute atomic E-state index is 0.0458. The zero-order valence-electron chi connectivity index (χ0n) is 11.1. The van der Waals surface area contributed by atoms with Crippen molar-refractivity contribution in [3.63, 3.8) is 0 Å². The Kier molecular flexibility index (Phi) is 4.45. The van der Waals surface area contributed by atoms with Gasteiger partial charge in [-0.3, -0.25) is 4.79 Å². The molecular formula is C15H12ClNO4. The van der Waals surface area contributed by atoms with Crippen LogP contribution >= 0.6 is 11.6 Å². The minimum Gasteiger partial charge on any atom is -0.497 e. The summed E-state index contributed by atoms with van der Waals surface area (Å²) in [6.07, 6.45) is 0. The van der Waals surface area contributed by atoms with Gasteiger partial charge in [-0.1, -0.05) is 11.6 Å². The largest absolute Gasteiger partial charge is 0.497 e. The van der Waals surface area contributed by atoms with Crippen LogP contribution < -0.4 is 10.1 Å². The average Bonchev–Trinajstić information content (AvgIpc) is 2.49. The number of halogens is 1. The van der Waals surface area contributed by atoms with Crippen molar-refractivity contribution in [1.29, 1.82) is 0 Å². The van der Waals surface area contributed by atoms with Gasteiger partial charge in [0.1, 0.15) is 5.75 Å². The number of carboxylic acids is 1. The fourth-order valence-corrected chi connectivity index (χ4v) is 1.86. The first-order valence-electron chi connectivity index (χ1n) is 5.99. The van der Waals surface area contributed by atoms with E-state index >= 15 is 0 Å². The van der Waals surface area contributed by atoms with Crippen LogP contribution in [0.1, 0.15) is 20.7 Å². The number of aromatic carboxylic acids is 1. The van der Waals surface area contributed by atoms with Gasteiger partial charge in [0.15, 0.2) is 0 Å². The Morgan fingerprint density at radius 2 is 1.71 bits per heavy atom. The number of anilines is 1. The third-order valence-electron chi connectivity index (χ3n) is 2.81. The molecule has 0 heterocycles. The summed E-state index contributed by atoms with van der Waals surface area (Å²) in [6.45, 7) is 0. The Bertz CT molecular complexity index is 683. The van der Waals surface area contributed by atoms with Crippen molar-refractivity contribution in [1.82, 2.24) is 0 Å². The van der Waals surface area contributed by atoms with Crippen molar-refractivity contribution < 1.29 is 19.4 Å². The lowest BCUT2D eigenvalue weighted by atomic mass is 10.1. The van der Waals surface area contributed by atoms with Crippen molar-refractivity contribution in [3.05, 3.63) is 58.6 Å². The number of benzene rings is 2. The van der Waals surface area contributed by atoms with Crippen LogP contribution in [-0.2, 0) is 0 Å². The second-order valence-corrected chi connectivity index (χ2v) is 4.59. The molecule has 0 spiro atoms. The topological polar surface area (TPSA) is 75.6 Å². The van der Waals surface area contributed by atoms with Crippen LogP contribution in [0, 0.1) is 0 Å². The standard InChI is InChI=1S/C15H12ClNO4/c1-21-11-5-2-9(3-6-11)14(18)17-13-8-10(15(19)20)4-7-12(13)16/h2-8H,1H3,(H,17,18)(H,19,20). The smallest absolute Gasteiger partial charge is 0.335 e. The fourth-order valence-electron chi connectivity index (χ4n) is 1.69. The van der Waals surface area contributed by atoms with E-state index in [1.165, 1.54) is 25.3 Å². The van der Waals surface area contributed by atoms with Crippen molar-refractivity contribution >= 4 is 29.2 Å². The Morgan fingerprint density at radius 3 is 2.29 bits per heavy atom. The van der Waals surface area contributed by atoms with Gasteiger partial charge in [0.2, 0.25) is 0 Å². The van der Waals surface area contributed by atoms with Gasteiger partial charge in [0, 0.05) is 5.56 Å². The molecule has 0 aliphatic carbocycles. The molecule has 2 aromatic rings. The first-order chi connectivity index (χ1) is 10.0. The zero-order chi connectivity index (χ0) is 15.4. The van der Waals surface area contributed by atoms with E-state index < -0.39 is 5.97 Å². The summed E-state index contributed by atoms with van der Waals surface area (Å²) < 4.78 is 5.01. The highest BCUT2D eigenvalue weighted by atomic mass is 35.5. The number of ether oxygens (including phenoxy) is 1. The molecule has 1 amide bonds. The summed E-state index contributed by atoms with van der Waals surface area (Å²) >= 11 is 5.95. The van der Waals surface area contributed by atoms with E-state index in [0.29, 0.717) is 11.3 Å². The Labute approximate surface area is 126 Å². The van der Waals surface area contributed by atoms with E-state index in [1.54, 1.807) is 24.3 Å². The maximum Gasteiger partial charge on any atom is 0.335 e. The van der Waals surface area contributed by atoms with Crippen LogP contribution in [0.3, 0.4) is 0 Å². The Balaban J connectivity index is 2.22. The van der Waals surface area contributed by atoms with Crippen molar-refractivity contribution in [3.8, 4) is 5.75 Å². The maximum absolute atomic E-state index is 12.1. The molecule has 108 valence electrons. The number of hydrogen-bond donors (Lipinski definition) is 2. The highest BCUT2D eigenvalue weighted by molar-refractivity contribution is 6.34. The zero-order valence-corrected chi connectivity index (χ0v) is 11.8. The van der Waals surface area contributed by atoms with Crippen LogP contribution in [-0.4, -0.2) is 24.1 Å². The molecule has 0 bridgehead atoms. The van der Waals surface area contributed by atoms with Gasteiger partial charge in [-0.2, -0.15) is 0 Å². The molecule has 5 nitrogen and oxygen atoms in total. The molecule has 2 N–H and O–H groups in total. The van der Waals surface area contributed by atoms with Gasteiger partial charge in [-0.05, 0) is 42.5 Å². The first-order valence-corrected chi connectivity index (χ1v) is 6.37. The summed E-state index contributed by atoms with van der Waals surface area (Å²) in [5.41, 5.74) is 0.703. The molecule has 6 heteroatoms. The molecule has 0 unspecified atom stereocenters. The van der Waals surface area contributed by atoms with E-state index in [-0.39, 0.29) is 22.2 Å². The molecule has 21 heavy (non-hydrogen) atoms. The van der Waals surface area contributed by atoms with E-state index in [4.69, 9.17) is 21.4 Å². The summed E-state index contributed by atoms with van der Waals surface area (Å²) in [7, 11) is 1.53. The lowest BCUT2D eigenvalue weighted by Crippen LogP contribution is -2.12.